The molecule has 1 aliphatic heterocycles. The molecule has 4 aromatic rings. The van der Waals surface area contributed by atoms with Gasteiger partial charge in [0, 0.05) is 18.7 Å². The summed E-state index contributed by atoms with van der Waals surface area (Å²) in [6.07, 6.45) is 0.929. The minimum atomic E-state index is -0.886. The van der Waals surface area contributed by atoms with Crippen molar-refractivity contribution < 1.29 is 19.2 Å². The molecule has 0 saturated heterocycles. The first kappa shape index (κ1) is 34.2. The van der Waals surface area contributed by atoms with Crippen LogP contribution in [0.3, 0.4) is 0 Å². The molecule has 0 spiro atoms. The molecule has 1 aliphatic rings. The Kier molecular flexibility index (Phi) is 11.2. The van der Waals surface area contributed by atoms with Crippen LogP contribution in [0.15, 0.2) is 54.6 Å². The maximum Gasteiger partial charge on any atom is 0.243 e. The first-order chi connectivity index (χ1) is 23.0. The molecule has 5 rings (SSSR count). The van der Waals surface area contributed by atoms with E-state index < -0.39 is 29.9 Å². The zero-order chi connectivity index (χ0) is 34.2. The Morgan fingerprint density at radius 3 is 2.33 bits per heavy atom. The Hall–Kier alpha value is -5.11. The maximum absolute atomic E-state index is 13.6. The fourth-order valence-electron chi connectivity index (χ4n) is 5.66. The monoisotopic (exact) mass is 656 g/mol. The highest BCUT2D eigenvalue weighted by atomic mass is 16.2. The Morgan fingerprint density at radius 1 is 0.833 bits per heavy atom. The summed E-state index contributed by atoms with van der Waals surface area (Å²) < 4.78 is 1.51. The summed E-state index contributed by atoms with van der Waals surface area (Å²) in [5.41, 5.74) is 2.49. The fourth-order valence-corrected chi connectivity index (χ4v) is 5.66. The van der Waals surface area contributed by atoms with Gasteiger partial charge in [0.2, 0.25) is 23.6 Å². The van der Waals surface area contributed by atoms with Crippen LogP contribution in [0, 0.1) is 5.92 Å². The van der Waals surface area contributed by atoms with Crippen LogP contribution >= 0.6 is 0 Å². The second-order valence-corrected chi connectivity index (χ2v) is 12.6. The normalized spacial score (nSPS) is 21.0. The lowest BCUT2D eigenvalue weighted by atomic mass is 10.0. The molecule has 5 N–H and O–H groups in total. The van der Waals surface area contributed by atoms with Gasteiger partial charge >= 0.3 is 0 Å². The van der Waals surface area contributed by atoms with Crippen LogP contribution in [-0.2, 0) is 32.3 Å². The number of aromatic amines is 1. The van der Waals surface area contributed by atoms with Crippen LogP contribution in [0.4, 0.5) is 0 Å². The quantitative estimate of drug-likeness (QED) is 0.217. The number of para-hydroxylation sites is 2. The molecular formula is C34H44N10O4. The molecule has 48 heavy (non-hydrogen) atoms. The summed E-state index contributed by atoms with van der Waals surface area (Å²) in [6.45, 7) is 8.36. The van der Waals surface area contributed by atoms with Crippen molar-refractivity contribution in [3.63, 3.8) is 0 Å². The van der Waals surface area contributed by atoms with E-state index in [4.69, 9.17) is 4.98 Å². The Morgan fingerprint density at radius 2 is 1.58 bits per heavy atom. The molecule has 0 aliphatic carbocycles. The van der Waals surface area contributed by atoms with E-state index in [1.807, 2.05) is 73.3 Å². The third kappa shape index (κ3) is 9.03. The summed E-state index contributed by atoms with van der Waals surface area (Å²) in [5.74, 6) is 0.133. The number of nitrogens with zero attached hydrogens (tertiary/aromatic N) is 5. The molecule has 0 radical (unpaired) electrons. The lowest BCUT2D eigenvalue weighted by Crippen LogP contribution is -2.54. The molecule has 14 heteroatoms. The molecule has 3 heterocycles. The van der Waals surface area contributed by atoms with Gasteiger partial charge in [-0.05, 0) is 44.7 Å². The van der Waals surface area contributed by atoms with Gasteiger partial charge in [-0.1, -0.05) is 56.3 Å². The molecule has 254 valence electrons. The number of hydrogen-bond acceptors (Lipinski definition) is 8. The molecule has 0 fully saturated rings. The predicted octanol–water partition coefficient (Wildman–Crippen LogP) is 2.06. The van der Waals surface area contributed by atoms with E-state index in [0.29, 0.717) is 49.9 Å². The van der Waals surface area contributed by atoms with Crippen molar-refractivity contribution in [1.29, 1.82) is 0 Å². The second-order valence-electron chi connectivity index (χ2n) is 12.6. The van der Waals surface area contributed by atoms with Crippen LogP contribution < -0.4 is 21.3 Å². The Balaban J connectivity index is 1.40. The van der Waals surface area contributed by atoms with Crippen molar-refractivity contribution in [2.24, 2.45) is 5.92 Å². The topological polar surface area (TPSA) is 179 Å². The number of fused-ring (bicyclic) bond motifs is 2. The van der Waals surface area contributed by atoms with Crippen molar-refractivity contribution in [2.45, 2.75) is 71.8 Å². The van der Waals surface area contributed by atoms with Gasteiger partial charge in [0.05, 0.1) is 30.2 Å². The van der Waals surface area contributed by atoms with Crippen LogP contribution in [0.5, 0.6) is 0 Å². The fraction of sp³-hybridized carbons (Fsp3) is 0.441. The number of hydrogen-bond donors (Lipinski definition) is 5. The van der Waals surface area contributed by atoms with E-state index in [-0.39, 0.29) is 30.8 Å². The van der Waals surface area contributed by atoms with Crippen molar-refractivity contribution in [1.82, 2.24) is 50.9 Å². The maximum atomic E-state index is 13.6. The van der Waals surface area contributed by atoms with Crippen molar-refractivity contribution in [2.75, 3.05) is 19.6 Å². The molecule has 0 saturated carbocycles. The SMILES string of the molecule is CC(C)C[C@H]1NC(=O)[C@@H](C)NC(=O)CN(Cc2nc3ccccc3[nH]2)CCCNC(=O)Cn2nc(-c3ccccc3)nc2[C@H](C)NC1=O. The molecule has 2 aromatic heterocycles. The van der Waals surface area contributed by atoms with Gasteiger partial charge < -0.3 is 26.3 Å². The summed E-state index contributed by atoms with van der Waals surface area (Å²) in [7, 11) is 0. The van der Waals surface area contributed by atoms with Crippen LogP contribution in [0.25, 0.3) is 22.4 Å². The number of benzene rings is 2. The highest BCUT2D eigenvalue weighted by molar-refractivity contribution is 5.92. The Labute approximate surface area is 279 Å². The summed E-state index contributed by atoms with van der Waals surface area (Å²) in [5, 5.41) is 16.1. The van der Waals surface area contributed by atoms with Gasteiger partial charge in [-0.2, -0.15) is 5.10 Å². The highest BCUT2D eigenvalue weighted by Crippen LogP contribution is 2.20. The number of H-pyrrole nitrogens is 1. The number of carbonyl (C=O) groups excluding carboxylic acids is 4. The van der Waals surface area contributed by atoms with Gasteiger partial charge in [-0.3, -0.25) is 24.1 Å². The summed E-state index contributed by atoms with van der Waals surface area (Å²) >= 11 is 0. The van der Waals surface area contributed by atoms with Crippen molar-refractivity contribution in [3.8, 4) is 11.4 Å². The van der Waals surface area contributed by atoms with E-state index in [2.05, 4.69) is 36.3 Å². The number of carbonyl (C=O) groups is 4. The first-order valence-corrected chi connectivity index (χ1v) is 16.4. The lowest BCUT2D eigenvalue weighted by Gasteiger charge is -2.25. The summed E-state index contributed by atoms with van der Waals surface area (Å²) in [6, 6.07) is 14.7. The number of nitrogens with one attached hydrogen (secondary N) is 5. The average molecular weight is 657 g/mol. The first-order valence-electron chi connectivity index (χ1n) is 16.4. The second kappa shape index (κ2) is 15.7. The minimum Gasteiger partial charge on any atom is -0.354 e. The van der Waals surface area contributed by atoms with Crippen molar-refractivity contribution >= 4 is 34.7 Å². The van der Waals surface area contributed by atoms with E-state index in [1.54, 1.807) is 13.8 Å². The van der Waals surface area contributed by atoms with Crippen LogP contribution in [-0.4, -0.2) is 85.0 Å². The molecule has 3 atom stereocenters. The smallest absolute Gasteiger partial charge is 0.243 e. The highest BCUT2D eigenvalue weighted by Gasteiger charge is 2.28. The zero-order valence-electron chi connectivity index (χ0n) is 27.8. The molecular weight excluding hydrogens is 612 g/mol. The van der Waals surface area contributed by atoms with E-state index in [9.17, 15) is 19.2 Å². The lowest BCUT2D eigenvalue weighted by molar-refractivity contribution is -0.132. The van der Waals surface area contributed by atoms with Gasteiger partial charge in [-0.15, -0.1) is 0 Å². The predicted molar refractivity (Wildman–Crippen MR) is 180 cm³/mol. The molecule has 14 nitrogen and oxygen atoms in total. The average Bonchev–Trinajstić information content (AvgIpc) is 3.66. The van der Waals surface area contributed by atoms with Crippen LogP contribution in [0.1, 0.15) is 58.2 Å². The molecule has 0 bridgehead atoms. The van der Waals surface area contributed by atoms with E-state index >= 15 is 0 Å². The number of rotatable bonds is 5. The van der Waals surface area contributed by atoms with Gasteiger partial charge in [0.25, 0.3) is 0 Å². The largest absolute Gasteiger partial charge is 0.354 e. The van der Waals surface area contributed by atoms with Gasteiger partial charge in [-0.25, -0.2) is 14.6 Å². The van der Waals surface area contributed by atoms with Gasteiger partial charge in [0.15, 0.2) is 5.82 Å². The minimum absolute atomic E-state index is 0.000610. The molecule has 0 unspecified atom stereocenters. The Bertz CT molecular complexity index is 1700. The van der Waals surface area contributed by atoms with Gasteiger partial charge in [0.1, 0.15) is 30.3 Å². The third-order valence-electron chi connectivity index (χ3n) is 8.03. The standard InChI is InChI=1S/C34H44N10O4/c1-21(2)17-27-34(48)37-22(3)32-41-31(24-11-6-5-7-12-24)42-44(32)20-29(45)35-15-10-16-43(19-30(46)36-23(4)33(47)40-27)18-28-38-25-13-8-9-14-26(25)39-28/h5-9,11-14,21-23,27H,10,15-20H2,1-4H3,(H,35,45)(H,36,46)(H,37,48)(H,38,39)(H,40,47)/t22-,23+,27+/m0/s1. The molecule has 4 amide bonds. The van der Waals surface area contributed by atoms with E-state index in [1.165, 1.54) is 4.68 Å². The number of aromatic nitrogens is 5. The van der Waals surface area contributed by atoms with Crippen LogP contribution in [0.2, 0.25) is 0 Å². The zero-order valence-corrected chi connectivity index (χ0v) is 27.8. The van der Waals surface area contributed by atoms with Crippen molar-refractivity contribution in [3.05, 3.63) is 66.2 Å². The number of amides is 4. The summed E-state index contributed by atoms with van der Waals surface area (Å²) in [4.78, 5) is 67.7. The number of imidazole rings is 1. The molecule has 2 aromatic carbocycles. The van der Waals surface area contributed by atoms with E-state index in [0.717, 1.165) is 16.6 Å². The third-order valence-corrected chi connectivity index (χ3v) is 8.03.